The zero-order valence-corrected chi connectivity index (χ0v) is 13.3. The first-order chi connectivity index (χ1) is 11.9. The molecule has 3 fully saturated rings. The lowest BCUT2D eigenvalue weighted by Crippen LogP contribution is -2.29. The van der Waals surface area contributed by atoms with E-state index in [0.29, 0.717) is 29.2 Å². The maximum absolute atomic E-state index is 12.4. The highest BCUT2D eigenvalue weighted by atomic mass is 16.4. The van der Waals surface area contributed by atoms with E-state index in [1.807, 2.05) is 14.7 Å². The number of carboxylic acid groups (broad SMARTS) is 2. The van der Waals surface area contributed by atoms with Crippen LogP contribution in [0.5, 0.6) is 0 Å². The Balaban J connectivity index is 0.000000197. The third kappa shape index (κ3) is 4.06. The molecule has 2 N–H and O–H groups in total. The van der Waals surface area contributed by atoms with E-state index in [9.17, 15) is 19.2 Å². The summed E-state index contributed by atoms with van der Waals surface area (Å²) in [7, 11) is 0. The second-order valence-corrected chi connectivity index (χ2v) is 5.89. The Morgan fingerprint density at radius 2 is 1.24 bits per heavy atom. The molecular formula is C16H17N3O6. The van der Waals surface area contributed by atoms with Crippen LogP contribution in [-0.2, 0) is 19.2 Å². The number of carbonyl (C=O) groups is 4. The fourth-order valence-corrected chi connectivity index (χ4v) is 2.42. The van der Waals surface area contributed by atoms with Crippen LogP contribution < -0.4 is 0 Å². The molecule has 1 aliphatic carbocycles. The van der Waals surface area contributed by atoms with Gasteiger partial charge in [-0.05, 0) is 0 Å². The molecule has 4 aliphatic rings. The van der Waals surface area contributed by atoms with Gasteiger partial charge in [0.05, 0.1) is 5.70 Å². The Bertz CT molecular complexity index is 723. The van der Waals surface area contributed by atoms with Gasteiger partial charge in [-0.2, -0.15) is 0 Å². The van der Waals surface area contributed by atoms with Gasteiger partial charge in [0.25, 0.3) is 0 Å². The highest BCUT2D eigenvalue weighted by Crippen LogP contribution is 2.33. The van der Waals surface area contributed by atoms with Crippen LogP contribution in [0.2, 0.25) is 0 Å². The molecule has 9 heteroatoms. The van der Waals surface area contributed by atoms with E-state index in [2.05, 4.69) is 0 Å². The van der Waals surface area contributed by atoms with Crippen LogP contribution in [0.15, 0.2) is 35.3 Å². The summed E-state index contributed by atoms with van der Waals surface area (Å²) in [6.45, 7) is 5.41. The van der Waals surface area contributed by atoms with Crippen molar-refractivity contribution in [2.45, 2.75) is 0 Å². The molecule has 3 heterocycles. The number of hydrogen-bond donors (Lipinski definition) is 2. The molecule has 0 aromatic rings. The normalized spacial score (nSPS) is 21.1. The first-order valence-electron chi connectivity index (χ1n) is 7.82. The van der Waals surface area contributed by atoms with Gasteiger partial charge in [0.1, 0.15) is 11.4 Å². The molecule has 4 rings (SSSR count). The topological polar surface area (TPSA) is 118 Å². The van der Waals surface area contributed by atoms with Gasteiger partial charge in [-0.15, -0.1) is 0 Å². The number of allylic oxidation sites excluding steroid dienone is 1. The third-order valence-corrected chi connectivity index (χ3v) is 3.86. The Kier molecular flexibility index (Phi) is 4.30. The average molecular weight is 347 g/mol. The number of carbonyl (C=O) groups excluding carboxylic acids is 2. The van der Waals surface area contributed by atoms with E-state index in [4.69, 9.17) is 10.2 Å². The second kappa shape index (κ2) is 6.42. The van der Waals surface area contributed by atoms with Crippen LogP contribution in [-0.4, -0.2) is 87.7 Å². The molecule has 0 radical (unpaired) electrons. The molecule has 25 heavy (non-hydrogen) atoms. The number of aliphatic carboxylic acids is 2. The summed E-state index contributed by atoms with van der Waals surface area (Å²) in [5.74, 6) is -2.47. The first kappa shape index (κ1) is 16.7. The van der Waals surface area contributed by atoms with Gasteiger partial charge >= 0.3 is 11.9 Å². The summed E-state index contributed by atoms with van der Waals surface area (Å²) in [4.78, 5) is 49.6. The quantitative estimate of drug-likeness (QED) is 0.363. The van der Waals surface area contributed by atoms with Crippen LogP contribution in [0, 0.1) is 0 Å². The van der Waals surface area contributed by atoms with Crippen molar-refractivity contribution in [3.8, 4) is 0 Å². The second-order valence-electron chi connectivity index (χ2n) is 5.89. The lowest BCUT2D eigenvalue weighted by Gasteiger charge is -2.21. The molecule has 0 atom stereocenters. The Labute approximate surface area is 143 Å². The highest BCUT2D eigenvalue weighted by Gasteiger charge is 2.43. The van der Waals surface area contributed by atoms with Crippen LogP contribution in [0.3, 0.4) is 0 Å². The zero-order valence-electron chi connectivity index (χ0n) is 13.3. The van der Waals surface area contributed by atoms with Crippen LogP contribution in [0.1, 0.15) is 0 Å². The van der Waals surface area contributed by atoms with Crippen molar-refractivity contribution in [3.63, 3.8) is 0 Å². The third-order valence-electron chi connectivity index (χ3n) is 3.86. The Hall–Kier alpha value is -3.10. The van der Waals surface area contributed by atoms with Gasteiger partial charge in [-0.25, -0.2) is 9.59 Å². The monoisotopic (exact) mass is 347 g/mol. The van der Waals surface area contributed by atoms with Crippen molar-refractivity contribution in [2.75, 3.05) is 39.3 Å². The van der Waals surface area contributed by atoms with Crippen molar-refractivity contribution in [2.24, 2.45) is 0 Å². The minimum atomic E-state index is -1.26. The van der Waals surface area contributed by atoms with Crippen molar-refractivity contribution in [3.05, 3.63) is 35.3 Å². The molecule has 9 nitrogen and oxygen atoms in total. The fourth-order valence-electron chi connectivity index (χ4n) is 2.42. The average Bonchev–Trinajstić information content (AvgIpc) is 3.37. The summed E-state index contributed by atoms with van der Waals surface area (Å²) >= 11 is 0. The summed E-state index contributed by atoms with van der Waals surface area (Å²) in [6.07, 6.45) is 2.64. The molecule has 132 valence electrons. The van der Waals surface area contributed by atoms with Crippen molar-refractivity contribution < 1.29 is 29.4 Å². The van der Waals surface area contributed by atoms with Crippen LogP contribution in [0.25, 0.3) is 0 Å². The summed E-state index contributed by atoms with van der Waals surface area (Å²) in [6, 6.07) is 0. The minimum Gasteiger partial charge on any atom is -0.478 e. The van der Waals surface area contributed by atoms with Gasteiger partial charge < -0.3 is 24.9 Å². The summed E-state index contributed by atoms with van der Waals surface area (Å²) in [5, 5.41) is 15.6. The van der Waals surface area contributed by atoms with Crippen molar-refractivity contribution in [1.82, 2.24) is 14.7 Å². The van der Waals surface area contributed by atoms with Crippen molar-refractivity contribution >= 4 is 23.5 Å². The molecule has 0 spiro atoms. The van der Waals surface area contributed by atoms with E-state index in [1.54, 1.807) is 0 Å². The lowest BCUT2D eigenvalue weighted by molar-refractivity contribution is -0.134. The molecule has 0 saturated carbocycles. The van der Waals surface area contributed by atoms with Gasteiger partial charge in [-0.1, -0.05) is 0 Å². The number of carboxylic acids is 2. The number of Topliss-reactive ketones (excluding diaryl/α,β-unsaturated/α-hetero) is 1. The number of hydrogen-bond acceptors (Lipinski definition) is 7. The van der Waals surface area contributed by atoms with E-state index < -0.39 is 11.9 Å². The van der Waals surface area contributed by atoms with Gasteiger partial charge in [0.2, 0.25) is 11.6 Å². The molecule has 3 saturated heterocycles. The molecule has 0 aromatic carbocycles. The number of nitrogens with zero attached hydrogens (tertiary/aromatic N) is 3. The number of rotatable bonds is 5. The minimum absolute atomic E-state index is 0.00546. The van der Waals surface area contributed by atoms with E-state index in [-0.39, 0.29) is 11.6 Å². The predicted octanol–water partition coefficient (Wildman–Crippen LogP) is -1.11. The van der Waals surface area contributed by atoms with Gasteiger partial charge in [-0.3, -0.25) is 9.59 Å². The first-order valence-corrected chi connectivity index (χ1v) is 7.82. The molecular weight excluding hydrogens is 330 g/mol. The predicted molar refractivity (Wildman–Crippen MR) is 84.3 cm³/mol. The largest absolute Gasteiger partial charge is 0.478 e. The molecule has 0 bridgehead atoms. The van der Waals surface area contributed by atoms with Gasteiger partial charge in [0, 0.05) is 57.5 Å². The van der Waals surface area contributed by atoms with Gasteiger partial charge in [0.15, 0.2) is 0 Å². The maximum atomic E-state index is 12.4. The van der Waals surface area contributed by atoms with Crippen molar-refractivity contribution in [1.29, 1.82) is 0 Å². The van der Waals surface area contributed by atoms with E-state index >= 15 is 0 Å². The fraction of sp³-hybridized carbons (Fsp3) is 0.375. The van der Waals surface area contributed by atoms with Crippen LogP contribution >= 0.6 is 0 Å². The Morgan fingerprint density at radius 1 is 0.800 bits per heavy atom. The molecule has 0 unspecified atom stereocenters. The maximum Gasteiger partial charge on any atom is 0.328 e. The molecule has 3 aliphatic heterocycles. The zero-order chi connectivity index (χ0) is 18.1. The Morgan fingerprint density at radius 3 is 1.64 bits per heavy atom. The number of ketones is 2. The SMILES string of the molecule is O=C(O)/C=C/C(=O)O.O=C1C=C(N2CC2)C(=O)C(N2CC2)=C1N1CC1. The molecule has 0 amide bonds. The summed E-state index contributed by atoms with van der Waals surface area (Å²) in [5.41, 5.74) is 1.89. The van der Waals surface area contributed by atoms with Crippen LogP contribution in [0.4, 0.5) is 0 Å². The standard InChI is InChI=1S/C12H13N3O2.C4H4O4/c16-9-7-8(13-1-2-13)12(17)11(15-5-6-15)10(9)14-3-4-14;5-3(6)1-2-4(7)8/h7H,1-6H2;1-2H,(H,5,6)(H,7,8)/b;2-1+. The summed E-state index contributed by atoms with van der Waals surface area (Å²) < 4.78 is 0. The van der Waals surface area contributed by atoms with E-state index in [0.717, 1.165) is 39.3 Å². The smallest absolute Gasteiger partial charge is 0.328 e. The lowest BCUT2D eigenvalue weighted by atomic mass is 10.0. The highest BCUT2D eigenvalue weighted by molar-refractivity contribution is 6.22. The molecule has 0 aromatic heterocycles. The van der Waals surface area contributed by atoms with E-state index in [1.165, 1.54) is 6.08 Å².